The molecular formula is C30H31Cl2F3N4O. The smallest absolute Gasteiger partial charge is 0.406 e. The third-order valence-corrected chi connectivity index (χ3v) is 7.97. The predicted octanol–water partition coefficient (Wildman–Crippen LogP) is 7.18. The van der Waals surface area contributed by atoms with Gasteiger partial charge in [-0.05, 0) is 60.5 Å². The van der Waals surface area contributed by atoms with Crippen molar-refractivity contribution in [2.24, 2.45) is 5.73 Å². The number of halogens is 5. The maximum atomic E-state index is 12.6. The summed E-state index contributed by atoms with van der Waals surface area (Å²) in [5.74, 6) is -0.236. The Labute approximate surface area is 241 Å². The fourth-order valence-electron chi connectivity index (χ4n) is 5.23. The Balaban J connectivity index is 1.32. The molecule has 0 unspecified atom stereocenters. The molecule has 5 rings (SSSR count). The Morgan fingerprint density at radius 1 is 0.850 bits per heavy atom. The summed E-state index contributed by atoms with van der Waals surface area (Å²) in [5, 5.41) is 2.45. The van der Waals surface area contributed by atoms with E-state index >= 15 is 0 Å². The van der Waals surface area contributed by atoms with Crippen LogP contribution in [0.15, 0.2) is 66.9 Å². The van der Waals surface area contributed by atoms with Crippen LogP contribution in [0, 0.1) is 0 Å². The molecule has 0 amide bonds. The van der Waals surface area contributed by atoms with E-state index in [2.05, 4.69) is 43.5 Å². The van der Waals surface area contributed by atoms with Crippen molar-refractivity contribution < 1.29 is 17.9 Å². The van der Waals surface area contributed by atoms with Gasteiger partial charge in [-0.25, -0.2) is 0 Å². The highest BCUT2D eigenvalue weighted by Gasteiger charge is 2.31. The van der Waals surface area contributed by atoms with E-state index in [0.29, 0.717) is 16.6 Å². The van der Waals surface area contributed by atoms with Crippen molar-refractivity contribution in [1.29, 1.82) is 0 Å². The number of fused-ring (bicyclic) bond motifs is 1. The number of hydrogen-bond donors (Lipinski definition) is 1. The van der Waals surface area contributed by atoms with Crippen molar-refractivity contribution in [3.8, 4) is 16.9 Å². The third-order valence-electron chi connectivity index (χ3n) is 7.26. The van der Waals surface area contributed by atoms with Gasteiger partial charge in [0, 0.05) is 84.1 Å². The minimum Gasteiger partial charge on any atom is -0.406 e. The van der Waals surface area contributed by atoms with Crippen LogP contribution in [0.4, 0.5) is 13.2 Å². The molecule has 0 saturated carbocycles. The summed E-state index contributed by atoms with van der Waals surface area (Å²) in [6, 6.07) is 18.1. The zero-order valence-electron chi connectivity index (χ0n) is 21.9. The van der Waals surface area contributed by atoms with Crippen LogP contribution in [0.5, 0.6) is 5.75 Å². The number of nitrogens with zero attached hydrogens (tertiary/aromatic N) is 3. The van der Waals surface area contributed by atoms with Crippen molar-refractivity contribution in [3.63, 3.8) is 0 Å². The van der Waals surface area contributed by atoms with E-state index in [1.54, 1.807) is 12.1 Å². The first-order chi connectivity index (χ1) is 19.2. The van der Waals surface area contributed by atoms with Crippen LogP contribution in [0.2, 0.25) is 10.0 Å². The predicted molar refractivity (Wildman–Crippen MR) is 155 cm³/mol. The van der Waals surface area contributed by atoms with Crippen LogP contribution < -0.4 is 10.5 Å². The fraction of sp³-hybridized carbons (Fsp3) is 0.333. The fourth-order valence-corrected chi connectivity index (χ4v) is 5.74. The lowest BCUT2D eigenvalue weighted by atomic mass is 10.0. The first-order valence-corrected chi connectivity index (χ1v) is 14.0. The maximum absolute atomic E-state index is 12.6. The van der Waals surface area contributed by atoms with Crippen molar-refractivity contribution in [2.45, 2.75) is 32.4 Å². The standard InChI is InChI=1S/C30H31Cl2F3N4O/c31-27-3-1-4-28(32)26(27)19-38-15-13-37(14-16-38)18-21-5-10-29-24(17-21)25(20-39(29)12-2-11-36)22-6-8-23(9-7-22)40-30(33,34)35/h1,3-10,17,20H,2,11-16,18-19,36H2. The van der Waals surface area contributed by atoms with Gasteiger partial charge in [0.25, 0.3) is 0 Å². The topological polar surface area (TPSA) is 46.7 Å². The molecule has 5 nitrogen and oxygen atoms in total. The Bertz CT molecular complexity index is 1430. The Kier molecular flexibility index (Phi) is 8.92. The molecule has 212 valence electrons. The summed E-state index contributed by atoms with van der Waals surface area (Å²) >= 11 is 12.7. The second-order valence-corrected chi connectivity index (χ2v) is 10.9. The molecule has 0 aliphatic carbocycles. The largest absolute Gasteiger partial charge is 0.573 e. The van der Waals surface area contributed by atoms with Gasteiger partial charge in [0.15, 0.2) is 0 Å². The molecule has 4 aromatic rings. The summed E-state index contributed by atoms with van der Waals surface area (Å²) in [4.78, 5) is 4.80. The number of aryl methyl sites for hydroxylation is 1. The summed E-state index contributed by atoms with van der Waals surface area (Å²) in [6.07, 6.45) is -1.84. The molecule has 0 bridgehead atoms. The number of piperazine rings is 1. The average Bonchev–Trinajstić information content (AvgIpc) is 3.28. The van der Waals surface area contributed by atoms with Gasteiger partial charge >= 0.3 is 6.36 Å². The number of hydrogen-bond acceptors (Lipinski definition) is 4. The monoisotopic (exact) mass is 590 g/mol. The lowest BCUT2D eigenvalue weighted by Crippen LogP contribution is -2.45. The molecule has 40 heavy (non-hydrogen) atoms. The first kappa shape index (κ1) is 28.8. The van der Waals surface area contributed by atoms with Crippen LogP contribution >= 0.6 is 23.2 Å². The van der Waals surface area contributed by atoms with Crippen LogP contribution in [-0.2, 0) is 19.6 Å². The minimum absolute atomic E-state index is 0.236. The van der Waals surface area contributed by atoms with Crippen LogP contribution in [-0.4, -0.2) is 53.5 Å². The highest BCUT2D eigenvalue weighted by atomic mass is 35.5. The van der Waals surface area contributed by atoms with E-state index in [9.17, 15) is 13.2 Å². The molecule has 1 fully saturated rings. The Morgan fingerprint density at radius 3 is 2.12 bits per heavy atom. The lowest BCUT2D eigenvalue weighted by molar-refractivity contribution is -0.274. The summed E-state index contributed by atoms with van der Waals surface area (Å²) < 4.78 is 44.1. The maximum Gasteiger partial charge on any atom is 0.573 e. The molecule has 1 aliphatic heterocycles. The van der Waals surface area contributed by atoms with Gasteiger partial charge in [-0.3, -0.25) is 9.80 Å². The molecule has 1 saturated heterocycles. The van der Waals surface area contributed by atoms with E-state index < -0.39 is 6.36 Å². The second kappa shape index (κ2) is 12.4. The van der Waals surface area contributed by atoms with Gasteiger partial charge in [0.1, 0.15) is 5.75 Å². The van der Waals surface area contributed by atoms with E-state index in [0.717, 1.165) is 79.8 Å². The van der Waals surface area contributed by atoms with Gasteiger partial charge in [-0.1, -0.05) is 47.5 Å². The number of rotatable bonds is 9. The van der Waals surface area contributed by atoms with E-state index in [4.69, 9.17) is 28.9 Å². The molecule has 1 aliphatic rings. The van der Waals surface area contributed by atoms with Crippen molar-refractivity contribution in [3.05, 3.63) is 88.0 Å². The molecule has 0 atom stereocenters. The normalized spacial score (nSPS) is 15.2. The third kappa shape index (κ3) is 6.93. The van der Waals surface area contributed by atoms with Crippen molar-refractivity contribution >= 4 is 34.1 Å². The average molecular weight is 592 g/mol. The van der Waals surface area contributed by atoms with Gasteiger partial charge in [0.2, 0.25) is 0 Å². The molecule has 1 aromatic heterocycles. The molecule has 0 spiro atoms. The number of aromatic nitrogens is 1. The molecule has 2 heterocycles. The number of alkyl halides is 3. The Hall–Kier alpha value is -2.75. The number of nitrogens with two attached hydrogens (primary N) is 1. The summed E-state index contributed by atoms with van der Waals surface area (Å²) in [5.41, 5.74) is 10.8. The van der Waals surface area contributed by atoms with E-state index in [1.807, 2.05) is 18.2 Å². The lowest BCUT2D eigenvalue weighted by Gasteiger charge is -2.35. The highest BCUT2D eigenvalue weighted by molar-refractivity contribution is 6.35. The van der Waals surface area contributed by atoms with E-state index in [1.165, 1.54) is 17.7 Å². The van der Waals surface area contributed by atoms with Gasteiger partial charge in [-0.15, -0.1) is 13.2 Å². The highest BCUT2D eigenvalue weighted by Crippen LogP contribution is 2.34. The molecular weight excluding hydrogens is 560 g/mol. The van der Waals surface area contributed by atoms with Gasteiger partial charge < -0.3 is 15.0 Å². The Morgan fingerprint density at radius 2 is 1.50 bits per heavy atom. The zero-order chi connectivity index (χ0) is 28.3. The second-order valence-electron chi connectivity index (χ2n) is 10.1. The summed E-state index contributed by atoms with van der Waals surface area (Å²) in [6.45, 7) is 6.54. The number of ether oxygens (including phenoxy) is 1. The molecule has 0 radical (unpaired) electrons. The van der Waals surface area contributed by atoms with Crippen LogP contribution in [0.25, 0.3) is 22.0 Å². The molecule has 3 aromatic carbocycles. The van der Waals surface area contributed by atoms with Gasteiger partial charge in [0.05, 0.1) is 0 Å². The van der Waals surface area contributed by atoms with Crippen molar-refractivity contribution in [1.82, 2.24) is 14.4 Å². The minimum atomic E-state index is -4.72. The molecule has 2 N–H and O–H groups in total. The van der Waals surface area contributed by atoms with E-state index in [-0.39, 0.29) is 5.75 Å². The first-order valence-electron chi connectivity index (χ1n) is 13.3. The van der Waals surface area contributed by atoms with Crippen LogP contribution in [0.3, 0.4) is 0 Å². The molecule has 10 heteroatoms. The van der Waals surface area contributed by atoms with Gasteiger partial charge in [-0.2, -0.15) is 0 Å². The quantitative estimate of drug-likeness (QED) is 0.224. The zero-order valence-corrected chi connectivity index (χ0v) is 23.4. The van der Waals surface area contributed by atoms with Crippen LogP contribution in [0.1, 0.15) is 17.5 Å². The SMILES string of the molecule is NCCCn1cc(-c2ccc(OC(F)(F)F)cc2)c2cc(CN3CCN(Cc4c(Cl)cccc4Cl)CC3)ccc21. The number of benzene rings is 3. The summed E-state index contributed by atoms with van der Waals surface area (Å²) in [7, 11) is 0. The van der Waals surface area contributed by atoms with Crippen molar-refractivity contribution in [2.75, 3.05) is 32.7 Å².